The van der Waals surface area contributed by atoms with Gasteiger partial charge in [-0.3, -0.25) is 4.79 Å². The van der Waals surface area contributed by atoms with Crippen molar-refractivity contribution < 1.29 is 28.5 Å². The average molecular weight is 468 g/mol. The third kappa shape index (κ3) is 3.77. The number of pyridine rings is 1. The minimum atomic E-state index is -0.779. The van der Waals surface area contributed by atoms with E-state index >= 15 is 0 Å². The number of aliphatic hydroxyl groups is 1. The largest absolute Gasteiger partial charge is 0.456 e. The number of imidazole rings is 1. The van der Waals surface area contributed by atoms with Gasteiger partial charge >= 0.3 is 0 Å². The van der Waals surface area contributed by atoms with Crippen LogP contribution in [0.4, 0.5) is 4.39 Å². The number of aromatic amines is 1. The topological polar surface area (TPSA) is 107 Å². The van der Waals surface area contributed by atoms with Crippen LogP contribution in [0.15, 0.2) is 24.3 Å². The summed E-state index contributed by atoms with van der Waals surface area (Å²) in [6.07, 6.45) is -2.16. The zero-order chi connectivity index (χ0) is 21.7. The highest BCUT2D eigenvalue weighted by atomic mass is 35.5. The summed E-state index contributed by atoms with van der Waals surface area (Å²) in [7, 11) is 0. The van der Waals surface area contributed by atoms with E-state index in [9.17, 15) is 14.3 Å². The molecule has 0 bridgehead atoms. The highest BCUT2D eigenvalue weighted by Crippen LogP contribution is 2.30. The third-order valence-electron chi connectivity index (χ3n) is 5.30. The van der Waals surface area contributed by atoms with Crippen LogP contribution in [0.3, 0.4) is 0 Å². The molecule has 2 aromatic heterocycles. The van der Waals surface area contributed by atoms with E-state index in [1.165, 1.54) is 18.2 Å². The zero-order valence-electron chi connectivity index (χ0n) is 15.8. The smallest absolute Gasteiger partial charge is 0.296 e. The van der Waals surface area contributed by atoms with Gasteiger partial charge in [-0.1, -0.05) is 29.3 Å². The molecule has 0 amide bonds. The Hall–Kier alpha value is -2.30. The van der Waals surface area contributed by atoms with E-state index in [1.54, 1.807) is 6.07 Å². The van der Waals surface area contributed by atoms with Crippen molar-refractivity contribution >= 4 is 40.1 Å². The maximum absolute atomic E-state index is 14.1. The molecule has 5 rings (SSSR count). The summed E-state index contributed by atoms with van der Waals surface area (Å²) in [5, 5.41) is 9.93. The molecular weight excluding hydrogens is 452 g/mol. The number of H-pyrrole nitrogens is 1. The molecule has 31 heavy (non-hydrogen) atoms. The number of benzene rings is 1. The van der Waals surface area contributed by atoms with Gasteiger partial charge in [0.25, 0.3) is 6.01 Å². The Morgan fingerprint density at radius 1 is 1.23 bits per heavy atom. The van der Waals surface area contributed by atoms with E-state index < -0.39 is 29.9 Å². The molecule has 2 saturated heterocycles. The number of halogens is 3. The first-order valence-corrected chi connectivity index (χ1v) is 10.3. The summed E-state index contributed by atoms with van der Waals surface area (Å²) in [6.45, 7) is 0.444. The maximum atomic E-state index is 14.1. The Bertz CT molecular complexity index is 1170. The molecule has 11 heteroatoms. The number of nitrogens with one attached hydrogen (secondary N) is 1. The number of aromatic nitrogens is 3. The monoisotopic (exact) mass is 467 g/mol. The molecule has 1 aromatic carbocycles. The number of ether oxygens (including phenoxy) is 3. The number of rotatable bonds is 5. The average Bonchev–Trinajstić information content (AvgIpc) is 3.41. The van der Waals surface area contributed by atoms with Crippen LogP contribution in [0.5, 0.6) is 6.01 Å². The molecule has 0 saturated carbocycles. The summed E-state index contributed by atoms with van der Waals surface area (Å²) >= 11 is 12.0. The normalized spacial score (nSPS) is 25.2. The van der Waals surface area contributed by atoms with Crippen molar-refractivity contribution in [3.8, 4) is 6.01 Å². The summed E-state index contributed by atoms with van der Waals surface area (Å²) in [6, 6.07) is 5.98. The molecular formula is C20H16Cl2FN3O5. The molecule has 4 heterocycles. The fourth-order valence-corrected chi connectivity index (χ4v) is 4.16. The highest BCUT2D eigenvalue weighted by molar-refractivity contribution is 6.32. The molecule has 0 radical (unpaired) electrons. The van der Waals surface area contributed by atoms with Crippen molar-refractivity contribution in [3.63, 3.8) is 0 Å². The Morgan fingerprint density at radius 2 is 2.03 bits per heavy atom. The Kier molecular flexibility index (Phi) is 5.31. The van der Waals surface area contributed by atoms with Crippen LogP contribution in [-0.4, -0.2) is 63.5 Å². The van der Waals surface area contributed by atoms with Crippen LogP contribution >= 0.6 is 23.2 Å². The van der Waals surface area contributed by atoms with Gasteiger partial charge in [0, 0.05) is 0 Å². The van der Waals surface area contributed by atoms with E-state index in [0.717, 1.165) is 0 Å². The number of carbonyl (C=O) groups is 1. The first kappa shape index (κ1) is 20.6. The number of ketones is 1. The molecule has 162 valence electrons. The zero-order valence-corrected chi connectivity index (χ0v) is 17.4. The molecule has 4 atom stereocenters. The van der Waals surface area contributed by atoms with Crippen molar-refractivity contribution in [1.29, 1.82) is 0 Å². The second kappa shape index (κ2) is 7.99. The number of hydrogen-bond acceptors (Lipinski definition) is 7. The van der Waals surface area contributed by atoms with Crippen molar-refractivity contribution in [2.75, 3.05) is 13.2 Å². The number of carbonyl (C=O) groups excluding carboxylic acids is 1. The number of fused-ring (bicyclic) bond motifs is 2. The first-order chi connectivity index (χ1) is 14.9. The van der Waals surface area contributed by atoms with Crippen LogP contribution in [0.25, 0.3) is 11.2 Å². The lowest BCUT2D eigenvalue weighted by atomic mass is 10.1. The summed E-state index contributed by atoms with van der Waals surface area (Å²) in [5.74, 6) is -1.29. The van der Waals surface area contributed by atoms with Gasteiger partial charge in [-0.15, -0.1) is 0 Å². The quantitative estimate of drug-likeness (QED) is 0.555. The Morgan fingerprint density at radius 3 is 2.87 bits per heavy atom. The SMILES string of the molecule is O=C(Cc1nc2nc(O[C@@H]3CO[C@H]4[C@@H]3OC[C@H]4O)[nH]c2cc1Cl)c1cccc(Cl)c1F. The summed E-state index contributed by atoms with van der Waals surface area (Å²) < 4.78 is 31.1. The van der Waals surface area contributed by atoms with E-state index in [2.05, 4.69) is 15.0 Å². The van der Waals surface area contributed by atoms with Crippen LogP contribution in [0.2, 0.25) is 10.0 Å². The molecule has 2 aliphatic heterocycles. The molecule has 2 N–H and O–H groups in total. The van der Waals surface area contributed by atoms with Crippen LogP contribution in [0.1, 0.15) is 16.1 Å². The predicted octanol–water partition coefficient (Wildman–Crippen LogP) is 2.74. The molecule has 3 aromatic rings. The molecule has 0 aliphatic carbocycles. The predicted molar refractivity (Wildman–Crippen MR) is 108 cm³/mol. The van der Waals surface area contributed by atoms with Gasteiger partial charge in [0.2, 0.25) is 0 Å². The van der Waals surface area contributed by atoms with Crippen molar-refractivity contribution in [2.24, 2.45) is 0 Å². The van der Waals surface area contributed by atoms with Gasteiger partial charge in [-0.2, -0.15) is 4.98 Å². The molecule has 8 nitrogen and oxygen atoms in total. The van der Waals surface area contributed by atoms with Gasteiger partial charge in [0.1, 0.15) is 18.3 Å². The number of hydrogen-bond donors (Lipinski definition) is 2. The van der Waals surface area contributed by atoms with E-state index in [0.29, 0.717) is 5.52 Å². The lowest BCUT2D eigenvalue weighted by Gasteiger charge is -2.15. The fraction of sp³-hybridized carbons (Fsp3) is 0.350. The Labute approximate surface area is 185 Å². The molecule has 0 unspecified atom stereocenters. The van der Waals surface area contributed by atoms with Gasteiger partial charge in [0.15, 0.2) is 23.4 Å². The second-order valence-corrected chi connectivity index (χ2v) is 8.17. The number of Topliss-reactive ketones (excluding diaryl/α,β-unsaturated/α-hetero) is 1. The summed E-state index contributed by atoms with van der Waals surface area (Å²) in [5.41, 5.74) is 0.915. The standard InChI is InChI=1S/C20H16Cl2FN3O5/c21-9-3-1-2-8(16(9)23)13(27)5-11-10(22)4-12-19(24-11)26-20(25-12)31-15-7-30-17-14(28)6-29-18(15)17/h1-4,14-15,17-18,28H,5-7H2,(H,24,25,26)/t14-,15-,17-,18-/m1/s1. The van der Waals surface area contributed by atoms with Crippen LogP contribution < -0.4 is 4.74 Å². The summed E-state index contributed by atoms with van der Waals surface area (Å²) in [4.78, 5) is 24.1. The lowest BCUT2D eigenvalue weighted by Crippen LogP contribution is -2.34. The molecule has 2 fully saturated rings. The maximum Gasteiger partial charge on any atom is 0.296 e. The molecule has 2 aliphatic rings. The van der Waals surface area contributed by atoms with E-state index in [1.807, 2.05) is 0 Å². The third-order valence-corrected chi connectivity index (χ3v) is 5.92. The number of aliphatic hydroxyl groups excluding tert-OH is 1. The fourth-order valence-electron chi connectivity index (χ4n) is 3.77. The minimum absolute atomic E-state index is 0.133. The molecule has 0 spiro atoms. The van der Waals surface area contributed by atoms with Gasteiger partial charge in [-0.05, 0) is 18.2 Å². The lowest BCUT2D eigenvalue weighted by molar-refractivity contribution is 0.00706. The van der Waals surface area contributed by atoms with Crippen molar-refractivity contribution in [2.45, 2.75) is 30.8 Å². The van der Waals surface area contributed by atoms with Gasteiger partial charge in [-0.25, -0.2) is 9.37 Å². The van der Waals surface area contributed by atoms with Gasteiger partial charge in [0.05, 0.1) is 46.5 Å². The first-order valence-electron chi connectivity index (χ1n) is 9.51. The van der Waals surface area contributed by atoms with Crippen molar-refractivity contribution in [1.82, 2.24) is 15.0 Å². The van der Waals surface area contributed by atoms with Crippen LogP contribution in [-0.2, 0) is 15.9 Å². The highest BCUT2D eigenvalue weighted by Gasteiger charge is 2.48. The number of nitrogens with zero attached hydrogens (tertiary/aromatic N) is 2. The minimum Gasteiger partial charge on any atom is -0.456 e. The van der Waals surface area contributed by atoms with Crippen LogP contribution in [0, 0.1) is 5.82 Å². The van der Waals surface area contributed by atoms with E-state index in [4.69, 9.17) is 37.4 Å². The second-order valence-electron chi connectivity index (χ2n) is 7.35. The van der Waals surface area contributed by atoms with E-state index in [-0.39, 0.29) is 58.7 Å². The Balaban J connectivity index is 1.36. The van der Waals surface area contributed by atoms with Crippen molar-refractivity contribution in [3.05, 3.63) is 51.4 Å². The van der Waals surface area contributed by atoms with Gasteiger partial charge < -0.3 is 24.3 Å².